The highest BCUT2D eigenvalue weighted by atomic mass is 16.3. The molecular weight excluding hydrogens is 206 g/mol. The smallest absolute Gasteiger partial charge is 0.275 e. The van der Waals surface area contributed by atoms with Crippen LogP contribution in [0.3, 0.4) is 0 Å². The van der Waals surface area contributed by atoms with E-state index in [1.54, 1.807) is 4.90 Å². The molecule has 1 amide bonds. The van der Waals surface area contributed by atoms with E-state index in [1.807, 2.05) is 13.8 Å². The fraction of sp³-hybridized carbons (Fsp3) is 0.636. The van der Waals surface area contributed by atoms with Crippen molar-refractivity contribution in [3.63, 3.8) is 0 Å². The third kappa shape index (κ3) is 2.24. The standard InChI is InChI=1S/C11H17N3O2/c1-8(2)10-13-9(7-16-10)11(15)14-5-3-12-4-6-14/h7-8,12H,3-6H2,1-2H3. The van der Waals surface area contributed by atoms with Crippen molar-refractivity contribution in [1.29, 1.82) is 0 Å². The van der Waals surface area contributed by atoms with Crippen LogP contribution in [-0.2, 0) is 0 Å². The molecule has 0 spiro atoms. The third-order valence-electron chi connectivity index (χ3n) is 2.64. The first-order valence-electron chi connectivity index (χ1n) is 5.64. The Balaban J connectivity index is 2.07. The van der Waals surface area contributed by atoms with Gasteiger partial charge in [-0.25, -0.2) is 4.98 Å². The monoisotopic (exact) mass is 223 g/mol. The lowest BCUT2D eigenvalue weighted by molar-refractivity contribution is 0.0730. The second-order valence-electron chi connectivity index (χ2n) is 4.27. The van der Waals surface area contributed by atoms with Crippen LogP contribution in [0, 0.1) is 0 Å². The van der Waals surface area contributed by atoms with E-state index in [0.717, 1.165) is 26.2 Å². The number of aromatic nitrogens is 1. The molecule has 5 nitrogen and oxygen atoms in total. The van der Waals surface area contributed by atoms with E-state index in [0.29, 0.717) is 11.6 Å². The third-order valence-corrected chi connectivity index (χ3v) is 2.64. The van der Waals surface area contributed by atoms with Crippen LogP contribution in [0.5, 0.6) is 0 Å². The number of rotatable bonds is 2. The SMILES string of the molecule is CC(C)c1nc(C(=O)N2CCNCC2)co1. The Morgan fingerprint density at radius 3 is 2.75 bits per heavy atom. The van der Waals surface area contributed by atoms with Crippen molar-refractivity contribution >= 4 is 5.91 Å². The van der Waals surface area contributed by atoms with Gasteiger partial charge in [0.05, 0.1) is 0 Å². The lowest BCUT2D eigenvalue weighted by atomic mass is 10.2. The number of hydrogen-bond donors (Lipinski definition) is 1. The van der Waals surface area contributed by atoms with Crippen molar-refractivity contribution < 1.29 is 9.21 Å². The summed E-state index contributed by atoms with van der Waals surface area (Å²) in [4.78, 5) is 18.0. The minimum atomic E-state index is -0.0304. The molecule has 1 aliphatic rings. The Morgan fingerprint density at radius 1 is 1.50 bits per heavy atom. The molecule has 5 heteroatoms. The molecule has 1 aromatic heterocycles. The molecule has 0 unspecified atom stereocenters. The normalized spacial score (nSPS) is 16.8. The predicted octanol–water partition coefficient (Wildman–Crippen LogP) is 0.843. The van der Waals surface area contributed by atoms with Gasteiger partial charge < -0.3 is 14.6 Å². The summed E-state index contributed by atoms with van der Waals surface area (Å²) in [6.07, 6.45) is 1.46. The van der Waals surface area contributed by atoms with E-state index in [1.165, 1.54) is 6.26 Å². The zero-order valence-electron chi connectivity index (χ0n) is 9.69. The van der Waals surface area contributed by atoms with Gasteiger partial charge in [0, 0.05) is 32.1 Å². The Morgan fingerprint density at radius 2 is 2.19 bits per heavy atom. The molecule has 0 radical (unpaired) electrons. The summed E-state index contributed by atoms with van der Waals surface area (Å²) in [6, 6.07) is 0. The van der Waals surface area contributed by atoms with Crippen molar-refractivity contribution in [2.75, 3.05) is 26.2 Å². The van der Waals surface area contributed by atoms with Crippen molar-refractivity contribution in [2.45, 2.75) is 19.8 Å². The van der Waals surface area contributed by atoms with E-state index < -0.39 is 0 Å². The summed E-state index contributed by atoms with van der Waals surface area (Å²) in [5.74, 6) is 0.806. The summed E-state index contributed by atoms with van der Waals surface area (Å²) in [6.45, 7) is 7.16. The maximum absolute atomic E-state index is 12.0. The van der Waals surface area contributed by atoms with Crippen molar-refractivity contribution in [1.82, 2.24) is 15.2 Å². The van der Waals surface area contributed by atoms with Gasteiger partial charge in [-0.05, 0) is 0 Å². The van der Waals surface area contributed by atoms with Crippen LogP contribution in [0.1, 0.15) is 36.1 Å². The molecule has 1 saturated heterocycles. The topological polar surface area (TPSA) is 58.4 Å². The maximum atomic E-state index is 12.0. The van der Waals surface area contributed by atoms with Gasteiger partial charge in [0.2, 0.25) is 0 Å². The zero-order valence-corrected chi connectivity index (χ0v) is 9.69. The summed E-state index contributed by atoms with van der Waals surface area (Å²) < 4.78 is 5.26. The minimum absolute atomic E-state index is 0.0304. The molecule has 0 saturated carbocycles. The first-order valence-corrected chi connectivity index (χ1v) is 5.64. The second kappa shape index (κ2) is 4.65. The molecule has 1 fully saturated rings. The van der Waals surface area contributed by atoms with E-state index in [4.69, 9.17) is 4.42 Å². The quantitative estimate of drug-likeness (QED) is 0.807. The van der Waals surface area contributed by atoms with Crippen molar-refractivity contribution in [2.24, 2.45) is 0 Å². The van der Waals surface area contributed by atoms with Crippen LogP contribution in [-0.4, -0.2) is 42.0 Å². The first kappa shape index (κ1) is 11.1. The Labute approximate surface area is 94.8 Å². The van der Waals surface area contributed by atoms with Gasteiger partial charge in [-0.15, -0.1) is 0 Å². The van der Waals surface area contributed by atoms with Gasteiger partial charge in [0.15, 0.2) is 11.6 Å². The average molecular weight is 223 g/mol. The lowest BCUT2D eigenvalue weighted by Gasteiger charge is -2.26. The van der Waals surface area contributed by atoms with Gasteiger partial charge in [0.1, 0.15) is 6.26 Å². The molecule has 0 atom stereocenters. The van der Waals surface area contributed by atoms with Gasteiger partial charge in [-0.2, -0.15) is 0 Å². The summed E-state index contributed by atoms with van der Waals surface area (Å²) in [7, 11) is 0. The summed E-state index contributed by atoms with van der Waals surface area (Å²) in [5.41, 5.74) is 0.422. The van der Waals surface area contributed by atoms with Crippen LogP contribution >= 0.6 is 0 Å². The number of oxazole rings is 1. The van der Waals surface area contributed by atoms with Gasteiger partial charge >= 0.3 is 0 Å². The first-order chi connectivity index (χ1) is 7.68. The van der Waals surface area contributed by atoms with Gasteiger partial charge in [0.25, 0.3) is 5.91 Å². The number of nitrogens with zero attached hydrogens (tertiary/aromatic N) is 2. The lowest BCUT2D eigenvalue weighted by Crippen LogP contribution is -2.46. The molecule has 1 N–H and O–H groups in total. The molecule has 2 rings (SSSR count). The Kier molecular flexibility index (Phi) is 3.24. The largest absolute Gasteiger partial charge is 0.448 e. The molecular formula is C11H17N3O2. The molecule has 1 aromatic rings. The fourth-order valence-electron chi connectivity index (χ4n) is 1.68. The van der Waals surface area contributed by atoms with Crippen molar-refractivity contribution in [3.8, 4) is 0 Å². The maximum Gasteiger partial charge on any atom is 0.275 e. The number of hydrogen-bond acceptors (Lipinski definition) is 4. The predicted molar refractivity (Wildman–Crippen MR) is 59.4 cm³/mol. The molecule has 1 aliphatic heterocycles. The highest BCUT2D eigenvalue weighted by Crippen LogP contribution is 2.14. The van der Waals surface area contributed by atoms with Crippen LogP contribution in [0.4, 0.5) is 0 Å². The number of amides is 1. The number of nitrogens with one attached hydrogen (secondary N) is 1. The van der Waals surface area contributed by atoms with E-state index in [-0.39, 0.29) is 11.8 Å². The van der Waals surface area contributed by atoms with Gasteiger partial charge in [-0.3, -0.25) is 4.79 Å². The molecule has 0 aliphatic carbocycles. The van der Waals surface area contributed by atoms with Gasteiger partial charge in [-0.1, -0.05) is 13.8 Å². The van der Waals surface area contributed by atoms with Crippen LogP contribution in [0.25, 0.3) is 0 Å². The number of carbonyl (C=O) groups is 1. The fourth-order valence-corrected chi connectivity index (χ4v) is 1.68. The molecule has 16 heavy (non-hydrogen) atoms. The van der Waals surface area contributed by atoms with Crippen LogP contribution in [0.15, 0.2) is 10.7 Å². The van der Waals surface area contributed by atoms with Crippen molar-refractivity contribution in [3.05, 3.63) is 17.8 Å². The van der Waals surface area contributed by atoms with E-state index >= 15 is 0 Å². The number of carbonyl (C=O) groups excluding carboxylic acids is 1. The Bertz CT molecular complexity index is 367. The molecule has 0 bridgehead atoms. The van der Waals surface area contributed by atoms with E-state index in [2.05, 4.69) is 10.3 Å². The number of piperazine rings is 1. The van der Waals surface area contributed by atoms with Crippen LogP contribution in [0.2, 0.25) is 0 Å². The second-order valence-corrected chi connectivity index (χ2v) is 4.27. The van der Waals surface area contributed by atoms with E-state index in [9.17, 15) is 4.79 Å². The highest BCUT2D eigenvalue weighted by molar-refractivity contribution is 5.92. The molecule has 2 heterocycles. The highest BCUT2D eigenvalue weighted by Gasteiger charge is 2.21. The molecule has 0 aromatic carbocycles. The van der Waals surface area contributed by atoms with Crippen LogP contribution < -0.4 is 5.32 Å². The summed E-state index contributed by atoms with van der Waals surface area (Å²) in [5, 5.41) is 3.21. The minimum Gasteiger partial charge on any atom is -0.448 e. The Hall–Kier alpha value is -1.36. The zero-order chi connectivity index (χ0) is 11.5. The average Bonchev–Trinajstić information content (AvgIpc) is 2.78. The molecule has 88 valence electrons. The summed E-state index contributed by atoms with van der Waals surface area (Å²) >= 11 is 0.